The Balaban J connectivity index is 2.03. The van der Waals surface area contributed by atoms with Crippen molar-refractivity contribution < 1.29 is 4.79 Å². The van der Waals surface area contributed by atoms with Gasteiger partial charge in [0.1, 0.15) is 0 Å². The molecule has 3 rings (SSSR count). The van der Waals surface area contributed by atoms with Crippen LogP contribution in [0.15, 0.2) is 24.5 Å². The number of imidazole rings is 1. The first kappa shape index (κ1) is 17.8. The molecular formula is C17H20ClN5OS. The number of benzene rings is 1. The smallest absolute Gasteiger partial charge is 0.296 e. The first-order valence-electron chi connectivity index (χ1n) is 7.88. The number of likely N-dealkylation sites (N-methyl/N-ethyl adjacent to an activating group) is 1. The largest absolute Gasteiger partial charge is 0.330 e. The van der Waals surface area contributed by atoms with E-state index >= 15 is 0 Å². The van der Waals surface area contributed by atoms with Gasteiger partial charge in [0.05, 0.1) is 10.2 Å². The van der Waals surface area contributed by atoms with Crippen LogP contribution in [0.1, 0.15) is 16.2 Å². The van der Waals surface area contributed by atoms with Gasteiger partial charge in [-0.25, -0.2) is 9.97 Å². The van der Waals surface area contributed by atoms with Crippen LogP contribution in [0.25, 0.3) is 10.2 Å². The van der Waals surface area contributed by atoms with Crippen LogP contribution in [-0.2, 0) is 7.05 Å². The molecule has 8 heteroatoms. The van der Waals surface area contributed by atoms with Crippen molar-refractivity contribution in [3.8, 4) is 0 Å². The second-order valence-electron chi connectivity index (χ2n) is 6.14. The maximum Gasteiger partial charge on any atom is 0.296 e. The van der Waals surface area contributed by atoms with Crippen molar-refractivity contribution in [1.29, 1.82) is 0 Å². The number of amides is 1. The van der Waals surface area contributed by atoms with Crippen LogP contribution in [0.4, 0.5) is 5.13 Å². The van der Waals surface area contributed by atoms with E-state index in [0.29, 0.717) is 22.5 Å². The highest BCUT2D eigenvalue weighted by Crippen LogP contribution is 2.33. The van der Waals surface area contributed by atoms with E-state index in [1.165, 1.54) is 11.3 Å². The first-order chi connectivity index (χ1) is 11.9. The summed E-state index contributed by atoms with van der Waals surface area (Å²) in [6.45, 7) is 3.20. The Bertz CT molecular complexity index is 917. The van der Waals surface area contributed by atoms with E-state index in [0.717, 1.165) is 22.3 Å². The Morgan fingerprint density at radius 2 is 2.08 bits per heavy atom. The van der Waals surface area contributed by atoms with Gasteiger partial charge in [0.2, 0.25) is 0 Å². The van der Waals surface area contributed by atoms with Gasteiger partial charge >= 0.3 is 0 Å². The molecular weight excluding hydrogens is 358 g/mol. The molecule has 0 saturated carbocycles. The molecule has 6 nitrogen and oxygen atoms in total. The number of hydrogen-bond acceptors (Lipinski definition) is 5. The van der Waals surface area contributed by atoms with Gasteiger partial charge in [0.15, 0.2) is 11.0 Å². The molecule has 25 heavy (non-hydrogen) atoms. The summed E-state index contributed by atoms with van der Waals surface area (Å²) in [5.74, 6) is 0.241. The van der Waals surface area contributed by atoms with Crippen molar-refractivity contribution in [2.75, 3.05) is 32.1 Å². The maximum absolute atomic E-state index is 13.0. The van der Waals surface area contributed by atoms with E-state index in [9.17, 15) is 4.79 Å². The van der Waals surface area contributed by atoms with Crippen molar-refractivity contribution in [2.45, 2.75) is 6.92 Å². The normalized spacial score (nSPS) is 11.4. The van der Waals surface area contributed by atoms with Crippen LogP contribution in [0, 0.1) is 6.92 Å². The molecule has 3 aromatic rings. The van der Waals surface area contributed by atoms with E-state index < -0.39 is 0 Å². The van der Waals surface area contributed by atoms with Gasteiger partial charge in [-0.3, -0.25) is 9.69 Å². The number of hydrogen-bond donors (Lipinski definition) is 0. The summed E-state index contributed by atoms with van der Waals surface area (Å²) < 4.78 is 2.74. The van der Waals surface area contributed by atoms with Crippen LogP contribution in [0.2, 0.25) is 5.02 Å². The van der Waals surface area contributed by atoms with Crippen molar-refractivity contribution in [1.82, 2.24) is 19.4 Å². The number of aryl methyl sites for hydroxylation is 2. The molecule has 2 aromatic heterocycles. The highest BCUT2D eigenvalue weighted by Gasteiger charge is 2.24. The molecule has 0 aliphatic carbocycles. The summed E-state index contributed by atoms with van der Waals surface area (Å²) in [5, 5.41) is 1.34. The number of carbonyl (C=O) groups is 1. The lowest BCUT2D eigenvalue weighted by Crippen LogP contribution is -2.38. The number of fused-ring (bicyclic) bond motifs is 1. The number of nitrogens with zero attached hydrogens (tertiary/aromatic N) is 5. The lowest BCUT2D eigenvalue weighted by atomic mass is 10.2. The van der Waals surface area contributed by atoms with Crippen LogP contribution in [-0.4, -0.2) is 52.5 Å². The fourth-order valence-electron chi connectivity index (χ4n) is 2.48. The molecule has 0 fully saturated rings. The average Bonchev–Trinajstić information content (AvgIpc) is 3.17. The van der Waals surface area contributed by atoms with Crippen molar-refractivity contribution >= 4 is 44.2 Å². The van der Waals surface area contributed by atoms with Gasteiger partial charge in [0.25, 0.3) is 5.91 Å². The number of rotatable bonds is 5. The first-order valence-corrected chi connectivity index (χ1v) is 9.07. The van der Waals surface area contributed by atoms with Crippen molar-refractivity contribution in [3.63, 3.8) is 0 Å². The fraction of sp³-hybridized carbons (Fsp3) is 0.353. The van der Waals surface area contributed by atoms with Crippen molar-refractivity contribution in [2.24, 2.45) is 7.05 Å². The highest BCUT2D eigenvalue weighted by atomic mass is 35.5. The average molecular weight is 378 g/mol. The second-order valence-corrected chi connectivity index (χ2v) is 7.55. The van der Waals surface area contributed by atoms with E-state index in [-0.39, 0.29) is 5.91 Å². The summed E-state index contributed by atoms with van der Waals surface area (Å²) >= 11 is 7.70. The van der Waals surface area contributed by atoms with E-state index in [1.54, 1.807) is 21.9 Å². The Hall–Kier alpha value is -1.96. The molecule has 0 radical (unpaired) electrons. The van der Waals surface area contributed by atoms with E-state index in [2.05, 4.69) is 4.98 Å². The van der Waals surface area contributed by atoms with Crippen LogP contribution >= 0.6 is 22.9 Å². The summed E-state index contributed by atoms with van der Waals surface area (Å²) in [6, 6.07) is 3.81. The fourth-order valence-corrected chi connectivity index (χ4v) is 3.68. The molecule has 0 bridgehead atoms. The van der Waals surface area contributed by atoms with Gasteiger partial charge in [-0.15, -0.1) is 0 Å². The molecule has 0 atom stereocenters. The third-order valence-corrected chi connectivity index (χ3v) is 5.45. The van der Waals surface area contributed by atoms with Gasteiger partial charge in [-0.2, -0.15) is 0 Å². The number of thiazole rings is 1. The maximum atomic E-state index is 13.0. The molecule has 2 heterocycles. The quantitative estimate of drug-likeness (QED) is 0.685. The number of carbonyl (C=O) groups excluding carboxylic acids is 1. The summed E-state index contributed by atoms with van der Waals surface area (Å²) in [5.41, 5.74) is 1.77. The summed E-state index contributed by atoms with van der Waals surface area (Å²) in [6.07, 6.45) is 3.39. The molecule has 1 aromatic carbocycles. The predicted octanol–water partition coefficient (Wildman–Crippen LogP) is 3.20. The summed E-state index contributed by atoms with van der Waals surface area (Å²) in [4.78, 5) is 25.6. The molecule has 0 spiro atoms. The monoisotopic (exact) mass is 377 g/mol. The highest BCUT2D eigenvalue weighted by molar-refractivity contribution is 7.22. The van der Waals surface area contributed by atoms with Crippen LogP contribution in [0.5, 0.6) is 0 Å². The Labute approximate surface area is 155 Å². The van der Waals surface area contributed by atoms with Crippen LogP contribution in [0.3, 0.4) is 0 Å². The standard InChI is InChI=1S/C17H20ClN5OS/c1-11-12(18)5-6-13-14(11)20-17(25-13)23(10-9-21(2)3)16(24)15-19-7-8-22(15)4/h5-8H,9-10H2,1-4H3. The predicted molar refractivity (Wildman–Crippen MR) is 103 cm³/mol. The van der Waals surface area contributed by atoms with E-state index in [1.807, 2.05) is 45.1 Å². The van der Waals surface area contributed by atoms with Gasteiger partial charge < -0.3 is 9.47 Å². The number of halogens is 1. The summed E-state index contributed by atoms with van der Waals surface area (Å²) in [7, 11) is 5.77. The molecule has 0 saturated heterocycles. The zero-order valence-electron chi connectivity index (χ0n) is 14.7. The molecule has 0 unspecified atom stereocenters. The molecule has 0 aliphatic rings. The topological polar surface area (TPSA) is 54.3 Å². The molecule has 132 valence electrons. The number of anilines is 1. The van der Waals surface area contributed by atoms with Gasteiger partial charge in [0, 0.05) is 37.6 Å². The Morgan fingerprint density at radius 1 is 1.32 bits per heavy atom. The zero-order valence-corrected chi connectivity index (χ0v) is 16.2. The Kier molecular flexibility index (Phi) is 5.08. The molecule has 1 amide bonds. The minimum absolute atomic E-state index is 0.155. The molecule has 0 aliphatic heterocycles. The second kappa shape index (κ2) is 7.11. The third kappa shape index (κ3) is 3.53. The van der Waals surface area contributed by atoms with Gasteiger partial charge in [-0.1, -0.05) is 22.9 Å². The van der Waals surface area contributed by atoms with Crippen molar-refractivity contribution in [3.05, 3.63) is 40.9 Å². The van der Waals surface area contributed by atoms with Gasteiger partial charge in [-0.05, 0) is 38.7 Å². The minimum Gasteiger partial charge on any atom is -0.330 e. The zero-order chi connectivity index (χ0) is 18.1. The lowest BCUT2D eigenvalue weighted by molar-refractivity contribution is 0.0972. The number of aromatic nitrogens is 3. The minimum atomic E-state index is -0.155. The lowest BCUT2D eigenvalue weighted by Gasteiger charge is -2.21. The van der Waals surface area contributed by atoms with Crippen LogP contribution < -0.4 is 4.90 Å². The SMILES string of the molecule is Cc1c(Cl)ccc2sc(N(CCN(C)C)C(=O)c3nccn3C)nc12. The third-order valence-electron chi connectivity index (χ3n) is 4.00. The Morgan fingerprint density at radius 3 is 2.72 bits per heavy atom. The van der Waals surface area contributed by atoms with E-state index in [4.69, 9.17) is 16.6 Å². The molecule has 0 N–H and O–H groups in total.